The number of benzene rings is 2. The standard InChI is InChI=1S/C25H33N3O3S/c1-5-17-32-26-20-11-12-21(22(18-20)31-4)23(29)27-13-15-28(16-14-27)24(30)25(2,3)19-9-7-6-8-10-19/h6-12,18,26H,5,13-17H2,1-4H3. The van der Waals surface area contributed by atoms with Gasteiger partial charge in [0.15, 0.2) is 0 Å². The molecule has 0 radical (unpaired) electrons. The molecule has 0 spiro atoms. The minimum atomic E-state index is -0.602. The highest BCUT2D eigenvalue weighted by molar-refractivity contribution is 8.00. The zero-order valence-electron chi connectivity index (χ0n) is 19.4. The molecule has 0 aliphatic carbocycles. The first-order chi connectivity index (χ1) is 15.4. The molecule has 1 aliphatic rings. The summed E-state index contributed by atoms with van der Waals surface area (Å²) in [5.74, 6) is 1.59. The van der Waals surface area contributed by atoms with Crippen LogP contribution >= 0.6 is 11.9 Å². The molecule has 0 bridgehead atoms. The molecule has 0 unspecified atom stereocenters. The summed E-state index contributed by atoms with van der Waals surface area (Å²) in [6, 6.07) is 15.4. The Morgan fingerprint density at radius 3 is 2.31 bits per heavy atom. The summed E-state index contributed by atoms with van der Waals surface area (Å²) in [6.45, 7) is 8.11. The number of rotatable bonds is 8. The molecule has 3 rings (SSSR count). The molecule has 0 saturated carbocycles. The lowest BCUT2D eigenvalue weighted by molar-refractivity contribution is -0.137. The molecule has 6 nitrogen and oxygen atoms in total. The molecule has 7 heteroatoms. The third kappa shape index (κ3) is 5.38. The summed E-state index contributed by atoms with van der Waals surface area (Å²) in [4.78, 5) is 30.0. The molecule has 2 amide bonds. The fourth-order valence-corrected chi connectivity index (χ4v) is 4.42. The summed E-state index contributed by atoms with van der Waals surface area (Å²) >= 11 is 1.63. The lowest BCUT2D eigenvalue weighted by Crippen LogP contribution is -2.54. The van der Waals surface area contributed by atoms with E-state index >= 15 is 0 Å². The van der Waals surface area contributed by atoms with Gasteiger partial charge in [0.25, 0.3) is 5.91 Å². The van der Waals surface area contributed by atoms with Gasteiger partial charge in [-0.25, -0.2) is 0 Å². The van der Waals surface area contributed by atoms with Gasteiger partial charge in [-0.3, -0.25) is 9.59 Å². The van der Waals surface area contributed by atoms with Gasteiger partial charge in [-0.2, -0.15) is 0 Å². The number of piperazine rings is 1. The van der Waals surface area contributed by atoms with Crippen LogP contribution in [-0.4, -0.2) is 60.7 Å². The van der Waals surface area contributed by atoms with E-state index in [4.69, 9.17) is 4.74 Å². The van der Waals surface area contributed by atoms with Crippen LogP contribution in [0.3, 0.4) is 0 Å². The molecule has 1 fully saturated rings. The number of hydrogen-bond donors (Lipinski definition) is 1. The second-order valence-corrected chi connectivity index (χ2v) is 9.34. The SMILES string of the molecule is CCCSNc1ccc(C(=O)N2CCN(C(=O)C(C)(C)c3ccccc3)CC2)c(OC)c1. The van der Waals surface area contributed by atoms with E-state index in [-0.39, 0.29) is 11.8 Å². The maximum absolute atomic E-state index is 13.2. The van der Waals surface area contributed by atoms with Crippen molar-refractivity contribution in [3.8, 4) is 5.75 Å². The smallest absolute Gasteiger partial charge is 0.257 e. The van der Waals surface area contributed by atoms with Crippen molar-refractivity contribution in [3.63, 3.8) is 0 Å². The second-order valence-electron chi connectivity index (χ2n) is 8.44. The molecule has 1 aliphatic heterocycles. The average molecular weight is 456 g/mol. The van der Waals surface area contributed by atoms with E-state index in [2.05, 4.69) is 11.6 Å². The van der Waals surface area contributed by atoms with Gasteiger partial charge < -0.3 is 19.3 Å². The van der Waals surface area contributed by atoms with E-state index in [1.807, 2.05) is 67.3 Å². The molecule has 0 aromatic heterocycles. The maximum Gasteiger partial charge on any atom is 0.257 e. The average Bonchev–Trinajstić information content (AvgIpc) is 2.83. The van der Waals surface area contributed by atoms with E-state index in [1.54, 1.807) is 24.0 Å². The normalized spacial score (nSPS) is 14.2. The Bertz CT molecular complexity index is 925. The first-order valence-electron chi connectivity index (χ1n) is 11.1. The highest BCUT2D eigenvalue weighted by atomic mass is 32.2. The number of nitrogens with one attached hydrogen (secondary N) is 1. The Balaban J connectivity index is 1.63. The van der Waals surface area contributed by atoms with Crippen molar-refractivity contribution in [3.05, 3.63) is 59.7 Å². The number of carbonyl (C=O) groups excluding carboxylic acids is 2. The summed E-state index contributed by atoms with van der Waals surface area (Å²) in [6.07, 6.45) is 1.09. The Morgan fingerprint density at radius 2 is 1.69 bits per heavy atom. The zero-order chi connectivity index (χ0) is 23.1. The predicted octanol–water partition coefficient (Wildman–Crippen LogP) is 4.43. The van der Waals surface area contributed by atoms with Gasteiger partial charge in [0, 0.05) is 43.7 Å². The highest BCUT2D eigenvalue weighted by Gasteiger charge is 2.36. The van der Waals surface area contributed by atoms with Crippen LogP contribution < -0.4 is 9.46 Å². The van der Waals surface area contributed by atoms with E-state index in [1.165, 1.54) is 0 Å². The van der Waals surface area contributed by atoms with Gasteiger partial charge in [-0.05, 0) is 38.0 Å². The monoisotopic (exact) mass is 455 g/mol. The summed E-state index contributed by atoms with van der Waals surface area (Å²) in [5.41, 5.74) is 1.85. The largest absolute Gasteiger partial charge is 0.496 e. The Kier molecular flexibility index (Phi) is 8.07. The molecule has 1 heterocycles. The van der Waals surface area contributed by atoms with E-state index < -0.39 is 5.41 Å². The van der Waals surface area contributed by atoms with Gasteiger partial charge in [-0.1, -0.05) is 49.2 Å². The third-order valence-electron chi connectivity index (χ3n) is 5.81. The van der Waals surface area contributed by atoms with Gasteiger partial charge in [0.1, 0.15) is 5.75 Å². The fourth-order valence-electron chi connectivity index (χ4n) is 3.82. The molecular formula is C25H33N3O3S. The van der Waals surface area contributed by atoms with Crippen LogP contribution in [-0.2, 0) is 10.2 Å². The number of carbonyl (C=O) groups is 2. The van der Waals surface area contributed by atoms with Crippen LogP contribution in [0.25, 0.3) is 0 Å². The van der Waals surface area contributed by atoms with Crippen LogP contribution in [0.1, 0.15) is 43.1 Å². The molecule has 2 aromatic rings. The maximum atomic E-state index is 13.2. The number of hydrogen-bond acceptors (Lipinski definition) is 5. The zero-order valence-corrected chi connectivity index (χ0v) is 20.2. The van der Waals surface area contributed by atoms with Crippen LogP contribution in [0, 0.1) is 0 Å². The molecule has 2 aromatic carbocycles. The van der Waals surface area contributed by atoms with Gasteiger partial charge in [-0.15, -0.1) is 0 Å². The Hall–Kier alpha value is -2.67. The predicted molar refractivity (Wildman–Crippen MR) is 131 cm³/mol. The van der Waals surface area contributed by atoms with Crippen molar-refractivity contribution >= 4 is 29.4 Å². The number of nitrogens with zero attached hydrogens (tertiary/aromatic N) is 2. The molecular weight excluding hydrogens is 422 g/mol. The minimum absolute atomic E-state index is 0.0657. The van der Waals surface area contributed by atoms with Gasteiger partial charge >= 0.3 is 0 Å². The van der Waals surface area contributed by atoms with Crippen LogP contribution in [0.15, 0.2) is 48.5 Å². The number of ether oxygens (including phenoxy) is 1. The van der Waals surface area contributed by atoms with Crippen molar-refractivity contribution in [1.29, 1.82) is 0 Å². The molecule has 172 valence electrons. The molecule has 1 saturated heterocycles. The second kappa shape index (κ2) is 10.8. The van der Waals surface area contributed by atoms with E-state index in [9.17, 15) is 9.59 Å². The van der Waals surface area contributed by atoms with Crippen LogP contribution in [0.2, 0.25) is 0 Å². The molecule has 32 heavy (non-hydrogen) atoms. The number of anilines is 1. The van der Waals surface area contributed by atoms with Gasteiger partial charge in [0.2, 0.25) is 5.91 Å². The van der Waals surface area contributed by atoms with Crippen molar-refractivity contribution < 1.29 is 14.3 Å². The fraction of sp³-hybridized carbons (Fsp3) is 0.440. The van der Waals surface area contributed by atoms with Crippen LogP contribution in [0.4, 0.5) is 5.69 Å². The highest BCUT2D eigenvalue weighted by Crippen LogP contribution is 2.28. The van der Waals surface area contributed by atoms with E-state index in [0.29, 0.717) is 37.5 Å². The van der Waals surface area contributed by atoms with Crippen molar-refractivity contribution in [2.75, 3.05) is 43.8 Å². The first kappa shape index (κ1) is 24.0. The summed E-state index contributed by atoms with van der Waals surface area (Å²) < 4.78 is 8.78. The van der Waals surface area contributed by atoms with Crippen molar-refractivity contribution in [2.45, 2.75) is 32.6 Å². The topological polar surface area (TPSA) is 61.9 Å². The quantitative estimate of drug-likeness (QED) is 0.471. The van der Waals surface area contributed by atoms with E-state index in [0.717, 1.165) is 23.4 Å². The Morgan fingerprint density at radius 1 is 1.03 bits per heavy atom. The Labute approximate surface area is 195 Å². The number of amides is 2. The third-order valence-corrected chi connectivity index (χ3v) is 6.80. The van der Waals surface area contributed by atoms with Gasteiger partial charge in [0.05, 0.1) is 18.1 Å². The van der Waals surface area contributed by atoms with Crippen molar-refractivity contribution in [2.24, 2.45) is 0 Å². The lowest BCUT2D eigenvalue weighted by atomic mass is 9.83. The summed E-state index contributed by atoms with van der Waals surface area (Å²) in [5, 5.41) is 0. The molecule has 0 atom stereocenters. The van der Waals surface area contributed by atoms with Crippen LogP contribution in [0.5, 0.6) is 5.75 Å². The summed E-state index contributed by atoms with van der Waals surface area (Å²) in [7, 11) is 1.58. The first-order valence-corrected chi connectivity index (χ1v) is 12.1. The molecule has 1 N–H and O–H groups in total. The van der Waals surface area contributed by atoms with Crippen molar-refractivity contribution in [1.82, 2.24) is 9.80 Å². The lowest BCUT2D eigenvalue weighted by Gasteiger charge is -2.39. The minimum Gasteiger partial charge on any atom is -0.496 e. The number of methoxy groups -OCH3 is 1.